The maximum Gasteiger partial charge on any atom is 0.435 e. The van der Waals surface area contributed by atoms with Gasteiger partial charge in [-0.2, -0.15) is 18.3 Å². The van der Waals surface area contributed by atoms with Gasteiger partial charge in [-0.25, -0.2) is 9.67 Å². The zero-order valence-electron chi connectivity index (χ0n) is 15.6. The normalized spacial score (nSPS) is 14.8. The van der Waals surface area contributed by atoms with Gasteiger partial charge in [-0.3, -0.25) is 9.78 Å². The van der Waals surface area contributed by atoms with E-state index < -0.39 is 17.8 Å². The number of alkyl halides is 3. The zero-order chi connectivity index (χ0) is 21.3. The quantitative estimate of drug-likeness (QED) is 0.630. The van der Waals surface area contributed by atoms with E-state index in [4.69, 9.17) is 11.6 Å². The van der Waals surface area contributed by atoms with Crippen LogP contribution in [0, 0.1) is 0 Å². The van der Waals surface area contributed by atoms with E-state index in [1.165, 1.54) is 17.0 Å². The molecule has 4 rings (SSSR count). The van der Waals surface area contributed by atoms with E-state index in [1.807, 2.05) is 4.90 Å². The maximum atomic E-state index is 13.3. The predicted octanol–water partition coefficient (Wildman–Crippen LogP) is 3.30. The molecule has 11 heteroatoms. The van der Waals surface area contributed by atoms with Crippen molar-refractivity contribution >= 4 is 23.3 Å². The molecular formula is C19H16ClF3N6O. The summed E-state index contributed by atoms with van der Waals surface area (Å²) >= 11 is 6.15. The van der Waals surface area contributed by atoms with Crippen LogP contribution >= 0.6 is 11.6 Å². The minimum atomic E-state index is -4.69. The molecule has 7 nitrogen and oxygen atoms in total. The van der Waals surface area contributed by atoms with Gasteiger partial charge in [-0.05, 0) is 12.1 Å². The second kappa shape index (κ2) is 7.94. The van der Waals surface area contributed by atoms with Crippen molar-refractivity contribution in [3.05, 3.63) is 65.3 Å². The van der Waals surface area contributed by atoms with E-state index in [0.717, 1.165) is 10.7 Å². The van der Waals surface area contributed by atoms with Crippen molar-refractivity contribution in [2.24, 2.45) is 0 Å². The number of nitrogens with zero attached hydrogens (tertiary/aromatic N) is 6. The Morgan fingerprint density at radius 1 is 1.07 bits per heavy atom. The van der Waals surface area contributed by atoms with Gasteiger partial charge in [0, 0.05) is 44.6 Å². The number of amides is 1. The summed E-state index contributed by atoms with van der Waals surface area (Å²) in [6, 6.07) is 7.07. The van der Waals surface area contributed by atoms with Gasteiger partial charge in [0.2, 0.25) is 0 Å². The van der Waals surface area contributed by atoms with Crippen molar-refractivity contribution < 1.29 is 18.0 Å². The molecule has 0 radical (unpaired) electrons. The lowest BCUT2D eigenvalue weighted by molar-refractivity contribution is -0.141. The number of para-hydroxylation sites is 1. The predicted molar refractivity (Wildman–Crippen MR) is 104 cm³/mol. The van der Waals surface area contributed by atoms with Crippen LogP contribution in [-0.4, -0.2) is 56.7 Å². The number of hydrogen-bond acceptors (Lipinski definition) is 5. The molecule has 0 spiro atoms. The van der Waals surface area contributed by atoms with E-state index >= 15 is 0 Å². The fourth-order valence-electron chi connectivity index (χ4n) is 3.23. The summed E-state index contributed by atoms with van der Waals surface area (Å²) in [5, 5.41) is 3.81. The number of aromatic nitrogens is 4. The highest BCUT2D eigenvalue weighted by Crippen LogP contribution is 2.31. The molecule has 1 aromatic carbocycles. The molecule has 1 saturated heterocycles. The van der Waals surface area contributed by atoms with Crippen molar-refractivity contribution in [1.82, 2.24) is 24.6 Å². The van der Waals surface area contributed by atoms with E-state index in [9.17, 15) is 18.0 Å². The van der Waals surface area contributed by atoms with Gasteiger partial charge >= 0.3 is 6.18 Å². The summed E-state index contributed by atoms with van der Waals surface area (Å²) < 4.78 is 40.8. The van der Waals surface area contributed by atoms with Crippen LogP contribution in [0.1, 0.15) is 16.2 Å². The van der Waals surface area contributed by atoms with Crippen LogP contribution in [0.5, 0.6) is 0 Å². The number of halogens is 4. The number of carbonyl (C=O) groups excluding carboxylic acids is 1. The summed E-state index contributed by atoms with van der Waals surface area (Å²) in [7, 11) is 0. The topological polar surface area (TPSA) is 67.2 Å². The Hall–Kier alpha value is -3.14. The van der Waals surface area contributed by atoms with Gasteiger partial charge < -0.3 is 9.80 Å². The Balaban J connectivity index is 1.61. The molecule has 3 aromatic rings. The van der Waals surface area contributed by atoms with Gasteiger partial charge in [-0.1, -0.05) is 23.7 Å². The second-order valence-electron chi connectivity index (χ2n) is 6.62. The van der Waals surface area contributed by atoms with Crippen molar-refractivity contribution in [1.29, 1.82) is 0 Å². The molecule has 1 aliphatic rings. The lowest BCUT2D eigenvalue weighted by Crippen LogP contribution is -2.49. The Morgan fingerprint density at radius 2 is 1.80 bits per heavy atom. The van der Waals surface area contributed by atoms with Gasteiger partial charge in [0.25, 0.3) is 5.91 Å². The molecule has 0 N–H and O–H groups in total. The van der Waals surface area contributed by atoms with Crippen LogP contribution in [0.4, 0.5) is 19.0 Å². The van der Waals surface area contributed by atoms with Crippen LogP contribution in [0.15, 0.2) is 48.9 Å². The fraction of sp³-hybridized carbons (Fsp3) is 0.263. The third kappa shape index (κ3) is 3.95. The molecule has 1 fully saturated rings. The average Bonchev–Trinajstić information content (AvgIpc) is 3.20. The molecule has 0 unspecified atom stereocenters. The largest absolute Gasteiger partial charge is 0.435 e. The summed E-state index contributed by atoms with van der Waals surface area (Å²) in [6.45, 7) is 1.61. The van der Waals surface area contributed by atoms with Gasteiger partial charge in [0.05, 0.1) is 16.9 Å². The first-order chi connectivity index (χ1) is 14.3. The Labute approximate surface area is 174 Å². The summed E-state index contributed by atoms with van der Waals surface area (Å²) in [6.07, 6.45) is 0.0802. The van der Waals surface area contributed by atoms with Gasteiger partial charge in [-0.15, -0.1) is 0 Å². The minimum absolute atomic E-state index is 0.191. The number of hydrogen-bond donors (Lipinski definition) is 0. The van der Waals surface area contributed by atoms with Crippen LogP contribution in [0.2, 0.25) is 5.02 Å². The highest BCUT2D eigenvalue weighted by molar-refractivity contribution is 6.32. The third-order valence-electron chi connectivity index (χ3n) is 4.74. The SMILES string of the molecule is O=C(c1cc(C(F)(F)F)nn1-c1ccccc1Cl)N1CCN(c2cnccn2)CC1. The molecule has 2 aromatic heterocycles. The van der Waals surface area contributed by atoms with Crippen LogP contribution < -0.4 is 4.90 Å². The lowest BCUT2D eigenvalue weighted by Gasteiger charge is -2.35. The molecule has 3 heterocycles. The van der Waals surface area contributed by atoms with Crippen LogP contribution in [0.3, 0.4) is 0 Å². The lowest BCUT2D eigenvalue weighted by atomic mass is 10.2. The molecule has 156 valence electrons. The van der Waals surface area contributed by atoms with E-state index in [0.29, 0.717) is 32.0 Å². The van der Waals surface area contributed by atoms with E-state index in [2.05, 4.69) is 15.1 Å². The summed E-state index contributed by atoms with van der Waals surface area (Å²) in [4.78, 5) is 24.8. The van der Waals surface area contributed by atoms with Crippen molar-refractivity contribution in [2.45, 2.75) is 6.18 Å². The number of rotatable bonds is 3. The van der Waals surface area contributed by atoms with Crippen molar-refractivity contribution in [2.75, 3.05) is 31.1 Å². The molecule has 30 heavy (non-hydrogen) atoms. The number of anilines is 1. The van der Waals surface area contributed by atoms with E-state index in [-0.39, 0.29) is 16.4 Å². The van der Waals surface area contributed by atoms with Gasteiger partial charge in [0.1, 0.15) is 11.5 Å². The highest BCUT2D eigenvalue weighted by atomic mass is 35.5. The maximum absolute atomic E-state index is 13.3. The van der Waals surface area contributed by atoms with Crippen LogP contribution in [0.25, 0.3) is 5.69 Å². The number of piperazine rings is 1. The molecule has 1 aliphatic heterocycles. The monoisotopic (exact) mass is 436 g/mol. The van der Waals surface area contributed by atoms with E-state index in [1.54, 1.807) is 30.7 Å². The molecule has 0 atom stereocenters. The number of carbonyl (C=O) groups is 1. The van der Waals surface area contributed by atoms with Crippen molar-refractivity contribution in [3.63, 3.8) is 0 Å². The molecule has 0 aliphatic carbocycles. The average molecular weight is 437 g/mol. The number of benzene rings is 1. The van der Waals surface area contributed by atoms with Gasteiger partial charge in [0.15, 0.2) is 5.69 Å². The molecule has 0 bridgehead atoms. The standard InChI is InChI=1S/C19H16ClF3N6O/c20-13-3-1-2-4-14(13)29-15(11-16(26-29)19(21,22)23)18(30)28-9-7-27(8-10-28)17-12-24-5-6-25-17/h1-6,11-12H,7-10H2. The zero-order valence-corrected chi connectivity index (χ0v) is 16.3. The fourth-order valence-corrected chi connectivity index (χ4v) is 3.45. The summed E-state index contributed by atoms with van der Waals surface area (Å²) in [5.41, 5.74) is -1.14. The Kier molecular flexibility index (Phi) is 5.33. The first-order valence-electron chi connectivity index (χ1n) is 9.07. The smallest absolute Gasteiger partial charge is 0.352 e. The van der Waals surface area contributed by atoms with Crippen molar-refractivity contribution in [3.8, 4) is 5.69 Å². The molecule has 1 amide bonds. The molecule has 0 saturated carbocycles. The Morgan fingerprint density at radius 3 is 2.43 bits per heavy atom. The molecular weight excluding hydrogens is 421 g/mol. The third-order valence-corrected chi connectivity index (χ3v) is 5.06. The first-order valence-corrected chi connectivity index (χ1v) is 9.45. The minimum Gasteiger partial charge on any atom is -0.352 e. The Bertz CT molecular complexity index is 1050. The summed E-state index contributed by atoms with van der Waals surface area (Å²) in [5.74, 6) is 0.141. The van der Waals surface area contributed by atoms with Crippen LogP contribution in [-0.2, 0) is 6.18 Å². The second-order valence-corrected chi connectivity index (χ2v) is 7.03. The highest BCUT2D eigenvalue weighted by Gasteiger charge is 2.37. The first kappa shape index (κ1) is 20.1.